The van der Waals surface area contributed by atoms with Crippen LogP contribution in [0, 0.1) is 0 Å². The van der Waals surface area contributed by atoms with Crippen molar-refractivity contribution in [2.45, 2.75) is 36.7 Å². The summed E-state index contributed by atoms with van der Waals surface area (Å²) in [6, 6.07) is 0. The topological polar surface area (TPSA) is 38.0 Å². The first kappa shape index (κ1) is 9.65. The van der Waals surface area contributed by atoms with Gasteiger partial charge in [-0.15, -0.1) is 0 Å². The molecule has 0 spiro atoms. The van der Waals surface area contributed by atoms with Gasteiger partial charge in [0.25, 0.3) is 0 Å². The fraction of sp³-hybridized carbons (Fsp3) is 1.00. The second kappa shape index (κ2) is 6.77. The van der Waals surface area contributed by atoms with Crippen LogP contribution in [-0.2, 0) is 0 Å². The molecule has 0 heterocycles. The van der Waals surface area contributed by atoms with E-state index in [1.807, 2.05) is 0 Å². The van der Waals surface area contributed by atoms with Crippen LogP contribution in [0.4, 0.5) is 0 Å². The molecule has 0 fully saturated rings. The average molecular weight is 242 g/mol. The number of alkyl halides is 1. The maximum Gasteiger partial charge on any atom is 0.0724 e. The normalized spacial score (nSPS) is 13.7. The van der Waals surface area contributed by atoms with Gasteiger partial charge in [0.1, 0.15) is 0 Å². The summed E-state index contributed by atoms with van der Waals surface area (Å²) in [5, 5.41) is 0. The first-order chi connectivity index (χ1) is 4.31. The molecule has 9 heavy (non-hydrogen) atoms. The van der Waals surface area contributed by atoms with Crippen LogP contribution in [0.5, 0.6) is 0 Å². The lowest BCUT2D eigenvalue weighted by molar-refractivity contribution is 0.597. The van der Waals surface area contributed by atoms with Gasteiger partial charge in [0.2, 0.25) is 0 Å². The number of nitrogens with two attached hydrogens (primary N) is 1. The number of halogens is 1. The highest BCUT2D eigenvalue weighted by molar-refractivity contribution is 14.1. The number of nitrogens with one attached hydrogen (secondary N) is 1. The molecule has 3 N–H and O–H groups in total. The summed E-state index contributed by atoms with van der Waals surface area (Å²) in [4.78, 5) is 0. The van der Waals surface area contributed by atoms with Crippen LogP contribution in [0.2, 0.25) is 0 Å². The van der Waals surface area contributed by atoms with Crippen LogP contribution in [0.15, 0.2) is 0 Å². The molecule has 0 rings (SSSR count). The van der Waals surface area contributed by atoms with E-state index in [1.165, 1.54) is 25.7 Å². The highest BCUT2D eigenvalue weighted by Crippen LogP contribution is 2.07. The molecule has 0 aliphatic rings. The molecule has 0 aromatic heterocycles. The lowest BCUT2D eigenvalue weighted by Crippen LogP contribution is -2.29. The highest BCUT2D eigenvalue weighted by Gasteiger charge is 1.97. The summed E-state index contributed by atoms with van der Waals surface area (Å²) >= 11 is 2.31. The van der Waals surface area contributed by atoms with Crippen molar-refractivity contribution in [2.24, 2.45) is 5.84 Å². The van der Waals surface area contributed by atoms with E-state index >= 15 is 0 Å². The summed E-state index contributed by atoms with van der Waals surface area (Å²) in [5.74, 6) is 5.20. The van der Waals surface area contributed by atoms with E-state index in [9.17, 15) is 0 Å². The molecule has 3 heteroatoms. The van der Waals surface area contributed by atoms with E-state index in [-0.39, 0.29) is 0 Å². The van der Waals surface area contributed by atoms with E-state index in [0.717, 1.165) is 0 Å². The monoisotopic (exact) mass is 242 g/mol. The van der Waals surface area contributed by atoms with Crippen LogP contribution >= 0.6 is 22.6 Å². The Hall–Kier alpha value is 0.650. The minimum absolute atomic E-state index is 0.453. The van der Waals surface area contributed by atoms with Crippen molar-refractivity contribution in [3.05, 3.63) is 0 Å². The van der Waals surface area contributed by atoms with Crippen LogP contribution < -0.4 is 11.3 Å². The maximum absolute atomic E-state index is 5.20. The number of hydrogen-bond donors (Lipinski definition) is 2. The third kappa shape index (κ3) is 6.54. The van der Waals surface area contributed by atoms with Gasteiger partial charge in [-0.05, 0) is 6.42 Å². The van der Waals surface area contributed by atoms with E-state index in [4.69, 9.17) is 5.84 Å². The predicted octanol–water partition coefficient (Wildman–Crippen LogP) is 1.79. The van der Waals surface area contributed by atoms with Crippen molar-refractivity contribution in [3.63, 3.8) is 0 Å². The summed E-state index contributed by atoms with van der Waals surface area (Å²) in [7, 11) is 0. The molecular weight excluding hydrogens is 227 g/mol. The molecule has 0 saturated heterocycles. The van der Waals surface area contributed by atoms with Crippen molar-refractivity contribution in [2.75, 3.05) is 0 Å². The van der Waals surface area contributed by atoms with Gasteiger partial charge in [0.05, 0.1) is 4.05 Å². The largest absolute Gasteiger partial charge is 0.270 e. The summed E-state index contributed by atoms with van der Waals surface area (Å²) < 4.78 is 0.453. The van der Waals surface area contributed by atoms with Gasteiger partial charge >= 0.3 is 0 Å². The summed E-state index contributed by atoms with van der Waals surface area (Å²) in [6.45, 7) is 2.21. The quantitative estimate of drug-likeness (QED) is 0.193. The smallest absolute Gasteiger partial charge is 0.0724 e. The summed E-state index contributed by atoms with van der Waals surface area (Å²) in [5.41, 5.74) is 2.71. The van der Waals surface area contributed by atoms with Crippen molar-refractivity contribution < 1.29 is 0 Å². The van der Waals surface area contributed by atoms with Crippen molar-refractivity contribution in [1.29, 1.82) is 0 Å². The van der Waals surface area contributed by atoms with E-state index < -0.39 is 0 Å². The fourth-order valence-electron chi connectivity index (χ4n) is 0.657. The van der Waals surface area contributed by atoms with E-state index in [2.05, 4.69) is 34.9 Å². The van der Waals surface area contributed by atoms with E-state index in [1.54, 1.807) is 0 Å². The molecule has 1 unspecified atom stereocenters. The molecule has 2 nitrogen and oxygen atoms in total. The Kier molecular flexibility index (Phi) is 7.25. The first-order valence-corrected chi connectivity index (χ1v) is 4.66. The van der Waals surface area contributed by atoms with Crippen molar-refractivity contribution in [1.82, 2.24) is 5.43 Å². The molecule has 0 saturated carbocycles. The number of rotatable bonds is 5. The molecule has 0 bridgehead atoms. The van der Waals surface area contributed by atoms with Gasteiger partial charge < -0.3 is 0 Å². The SMILES string of the molecule is CCCCCC(I)NN. The van der Waals surface area contributed by atoms with Gasteiger partial charge in [-0.25, -0.2) is 5.43 Å². The molecule has 0 radical (unpaired) electrons. The third-order valence-corrected chi connectivity index (χ3v) is 2.22. The first-order valence-electron chi connectivity index (χ1n) is 3.41. The molecule has 0 aromatic rings. The zero-order chi connectivity index (χ0) is 7.11. The zero-order valence-electron chi connectivity index (χ0n) is 5.86. The predicted molar refractivity (Wildman–Crippen MR) is 49.3 cm³/mol. The Morgan fingerprint density at radius 2 is 2.22 bits per heavy atom. The van der Waals surface area contributed by atoms with Gasteiger partial charge in [0.15, 0.2) is 0 Å². The molecule has 0 aromatic carbocycles. The standard InChI is InChI=1S/C6H15IN2/c1-2-3-4-5-6(7)9-8/h6,9H,2-5,8H2,1H3. The zero-order valence-corrected chi connectivity index (χ0v) is 8.02. The Morgan fingerprint density at radius 3 is 2.67 bits per heavy atom. The molecule has 0 aliphatic carbocycles. The van der Waals surface area contributed by atoms with Crippen LogP contribution in [0.25, 0.3) is 0 Å². The van der Waals surface area contributed by atoms with Gasteiger partial charge in [0, 0.05) is 0 Å². The van der Waals surface area contributed by atoms with Crippen LogP contribution in [0.3, 0.4) is 0 Å². The van der Waals surface area contributed by atoms with Gasteiger partial charge in [-0.3, -0.25) is 5.84 Å². The second-order valence-corrected chi connectivity index (χ2v) is 3.63. The lowest BCUT2D eigenvalue weighted by atomic mass is 10.2. The number of hydrogen-bond acceptors (Lipinski definition) is 2. The number of unbranched alkanes of at least 4 members (excludes halogenated alkanes) is 2. The molecule has 0 aliphatic heterocycles. The third-order valence-electron chi connectivity index (χ3n) is 1.24. The molecule has 0 amide bonds. The van der Waals surface area contributed by atoms with Crippen molar-refractivity contribution >= 4 is 22.6 Å². The van der Waals surface area contributed by atoms with Crippen molar-refractivity contribution in [3.8, 4) is 0 Å². The highest BCUT2D eigenvalue weighted by atomic mass is 127. The van der Waals surface area contributed by atoms with Crippen LogP contribution in [-0.4, -0.2) is 4.05 Å². The molecule has 56 valence electrons. The lowest BCUT2D eigenvalue weighted by Gasteiger charge is -2.05. The Balaban J connectivity index is 2.88. The molecule has 1 atom stereocenters. The molecular formula is C6H15IN2. The minimum atomic E-state index is 0.453. The van der Waals surface area contributed by atoms with E-state index in [0.29, 0.717) is 4.05 Å². The second-order valence-electron chi connectivity index (χ2n) is 2.13. The Labute approximate surface area is 70.7 Å². The van der Waals surface area contributed by atoms with Gasteiger partial charge in [-0.1, -0.05) is 48.8 Å². The Morgan fingerprint density at radius 1 is 1.56 bits per heavy atom. The van der Waals surface area contributed by atoms with Gasteiger partial charge in [-0.2, -0.15) is 0 Å². The Bertz CT molecular complexity index is 59.0. The minimum Gasteiger partial charge on any atom is -0.270 e. The van der Waals surface area contributed by atoms with Crippen LogP contribution in [0.1, 0.15) is 32.6 Å². The maximum atomic E-state index is 5.20. The fourth-order valence-corrected chi connectivity index (χ4v) is 1.10. The summed E-state index contributed by atoms with van der Waals surface area (Å²) in [6.07, 6.45) is 5.08. The number of hydrazine groups is 1. The average Bonchev–Trinajstić information content (AvgIpc) is 1.89.